The van der Waals surface area contributed by atoms with Crippen LogP contribution in [0.1, 0.15) is 18.9 Å². The largest absolute Gasteiger partial charge is 0.383 e. The molecule has 0 aliphatic heterocycles. The normalized spacial score (nSPS) is 10.5. The fourth-order valence-electron chi connectivity index (χ4n) is 1.64. The predicted molar refractivity (Wildman–Crippen MR) is 73.6 cm³/mol. The van der Waals surface area contributed by atoms with Crippen molar-refractivity contribution in [1.82, 2.24) is 5.32 Å². The van der Waals surface area contributed by atoms with Crippen LogP contribution in [0.4, 0.5) is 5.69 Å². The molecule has 0 atom stereocenters. The Morgan fingerprint density at radius 2 is 1.94 bits per heavy atom. The van der Waals surface area contributed by atoms with E-state index in [1.807, 2.05) is 0 Å². The molecule has 0 heterocycles. The van der Waals surface area contributed by atoms with Crippen molar-refractivity contribution in [2.45, 2.75) is 19.9 Å². The molecule has 0 bridgehead atoms. The number of benzene rings is 1. The predicted octanol–water partition coefficient (Wildman–Crippen LogP) is 2.27. The zero-order chi connectivity index (χ0) is 12.5. The Balaban J connectivity index is 2.43. The fraction of sp³-hybridized carbons (Fsp3) is 0.571. The van der Waals surface area contributed by atoms with Crippen LogP contribution in [0.2, 0.25) is 0 Å². The monoisotopic (exact) mass is 236 g/mol. The van der Waals surface area contributed by atoms with Crippen LogP contribution < -0.4 is 10.2 Å². The van der Waals surface area contributed by atoms with Gasteiger partial charge in [-0.2, -0.15) is 0 Å². The summed E-state index contributed by atoms with van der Waals surface area (Å²) in [5.41, 5.74) is 2.57. The number of methoxy groups -OCH3 is 1. The van der Waals surface area contributed by atoms with Crippen molar-refractivity contribution in [1.29, 1.82) is 0 Å². The lowest BCUT2D eigenvalue weighted by Gasteiger charge is -2.19. The van der Waals surface area contributed by atoms with Crippen LogP contribution in [0.15, 0.2) is 24.3 Å². The van der Waals surface area contributed by atoms with E-state index in [0.29, 0.717) is 0 Å². The molecule has 3 heteroatoms. The van der Waals surface area contributed by atoms with Crippen molar-refractivity contribution in [2.75, 3.05) is 38.8 Å². The fourth-order valence-corrected chi connectivity index (χ4v) is 1.64. The number of ether oxygens (including phenoxy) is 1. The highest BCUT2D eigenvalue weighted by Crippen LogP contribution is 2.13. The minimum atomic E-state index is 0.760. The molecule has 0 saturated carbocycles. The molecule has 96 valence electrons. The van der Waals surface area contributed by atoms with Crippen LogP contribution in [0.25, 0.3) is 0 Å². The number of nitrogens with one attached hydrogen (secondary N) is 1. The molecule has 1 rings (SSSR count). The summed E-state index contributed by atoms with van der Waals surface area (Å²) in [4.78, 5) is 2.20. The van der Waals surface area contributed by atoms with E-state index in [-0.39, 0.29) is 0 Å². The van der Waals surface area contributed by atoms with Gasteiger partial charge >= 0.3 is 0 Å². The molecule has 0 aliphatic carbocycles. The van der Waals surface area contributed by atoms with Gasteiger partial charge in [0.05, 0.1) is 6.61 Å². The Hall–Kier alpha value is -1.06. The van der Waals surface area contributed by atoms with Gasteiger partial charge in [0.15, 0.2) is 0 Å². The van der Waals surface area contributed by atoms with Crippen molar-refractivity contribution in [2.24, 2.45) is 0 Å². The first-order valence-corrected chi connectivity index (χ1v) is 6.27. The van der Waals surface area contributed by atoms with E-state index in [1.165, 1.54) is 17.7 Å². The number of anilines is 1. The highest BCUT2D eigenvalue weighted by molar-refractivity contribution is 5.46. The maximum atomic E-state index is 5.07. The number of hydrogen-bond donors (Lipinski definition) is 1. The quantitative estimate of drug-likeness (QED) is 0.701. The van der Waals surface area contributed by atoms with Gasteiger partial charge in [0, 0.05) is 32.9 Å². The molecule has 3 nitrogen and oxygen atoms in total. The van der Waals surface area contributed by atoms with Gasteiger partial charge in [0.2, 0.25) is 0 Å². The van der Waals surface area contributed by atoms with E-state index in [4.69, 9.17) is 4.74 Å². The Morgan fingerprint density at radius 1 is 1.24 bits per heavy atom. The Kier molecular flexibility index (Phi) is 6.67. The van der Waals surface area contributed by atoms with Crippen molar-refractivity contribution in [3.8, 4) is 0 Å². The van der Waals surface area contributed by atoms with Gasteiger partial charge in [-0.1, -0.05) is 19.1 Å². The topological polar surface area (TPSA) is 24.5 Å². The van der Waals surface area contributed by atoms with E-state index < -0.39 is 0 Å². The van der Waals surface area contributed by atoms with Crippen molar-refractivity contribution >= 4 is 5.69 Å². The Morgan fingerprint density at radius 3 is 2.53 bits per heavy atom. The van der Waals surface area contributed by atoms with Crippen molar-refractivity contribution in [3.05, 3.63) is 29.8 Å². The Bertz CT molecular complexity index is 298. The van der Waals surface area contributed by atoms with Crippen LogP contribution in [-0.4, -0.2) is 33.9 Å². The van der Waals surface area contributed by atoms with Crippen LogP contribution in [0.3, 0.4) is 0 Å². The van der Waals surface area contributed by atoms with Gasteiger partial charge in [-0.3, -0.25) is 0 Å². The van der Waals surface area contributed by atoms with Gasteiger partial charge in [0.25, 0.3) is 0 Å². The SMILES string of the molecule is CCCNCc1ccc(N(C)CCOC)cc1. The molecular weight excluding hydrogens is 212 g/mol. The van der Waals surface area contributed by atoms with Gasteiger partial charge in [0.1, 0.15) is 0 Å². The van der Waals surface area contributed by atoms with Gasteiger partial charge in [-0.25, -0.2) is 0 Å². The van der Waals surface area contributed by atoms with Crippen molar-refractivity contribution < 1.29 is 4.74 Å². The summed E-state index contributed by atoms with van der Waals surface area (Å²) < 4.78 is 5.07. The molecule has 1 aromatic rings. The maximum Gasteiger partial charge on any atom is 0.0637 e. The summed E-state index contributed by atoms with van der Waals surface area (Å²) >= 11 is 0. The minimum absolute atomic E-state index is 0.760. The van der Waals surface area contributed by atoms with Gasteiger partial charge in [-0.05, 0) is 30.7 Å². The van der Waals surface area contributed by atoms with E-state index in [0.717, 1.165) is 26.2 Å². The van der Waals surface area contributed by atoms with Gasteiger partial charge in [-0.15, -0.1) is 0 Å². The third-order valence-corrected chi connectivity index (χ3v) is 2.76. The molecule has 1 aromatic carbocycles. The molecule has 1 N–H and O–H groups in total. The second kappa shape index (κ2) is 8.09. The second-order valence-corrected chi connectivity index (χ2v) is 4.26. The molecule has 0 fully saturated rings. The number of nitrogens with zero attached hydrogens (tertiary/aromatic N) is 1. The molecule has 0 amide bonds. The number of hydrogen-bond acceptors (Lipinski definition) is 3. The zero-order valence-electron chi connectivity index (χ0n) is 11.2. The lowest BCUT2D eigenvalue weighted by molar-refractivity contribution is 0.206. The molecule has 0 saturated heterocycles. The van der Waals surface area contributed by atoms with Crippen LogP contribution in [-0.2, 0) is 11.3 Å². The van der Waals surface area contributed by atoms with E-state index in [2.05, 4.69) is 48.5 Å². The van der Waals surface area contributed by atoms with Crippen LogP contribution in [0, 0.1) is 0 Å². The van der Waals surface area contributed by atoms with Gasteiger partial charge < -0.3 is 15.0 Å². The van der Waals surface area contributed by atoms with E-state index in [1.54, 1.807) is 7.11 Å². The maximum absolute atomic E-state index is 5.07. The van der Waals surface area contributed by atoms with Crippen molar-refractivity contribution in [3.63, 3.8) is 0 Å². The summed E-state index contributed by atoms with van der Waals surface area (Å²) in [6.45, 7) is 5.90. The third-order valence-electron chi connectivity index (χ3n) is 2.76. The summed E-state index contributed by atoms with van der Waals surface area (Å²) in [5, 5.41) is 3.40. The summed E-state index contributed by atoms with van der Waals surface area (Å²) in [7, 11) is 3.82. The number of likely N-dealkylation sites (N-methyl/N-ethyl adjacent to an activating group) is 1. The first-order valence-electron chi connectivity index (χ1n) is 6.27. The first kappa shape index (κ1) is 14.0. The molecular formula is C14H24N2O. The standard InChI is InChI=1S/C14H24N2O/c1-4-9-15-12-13-5-7-14(8-6-13)16(2)10-11-17-3/h5-8,15H,4,9-12H2,1-3H3. The molecule has 0 unspecified atom stereocenters. The molecule has 0 aliphatic rings. The molecule has 0 spiro atoms. The minimum Gasteiger partial charge on any atom is -0.383 e. The summed E-state index contributed by atoms with van der Waals surface area (Å²) in [5.74, 6) is 0. The first-order chi connectivity index (χ1) is 8.27. The third kappa shape index (κ3) is 5.20. The highest BCUT2D eigenvalue weighted by Gasteiger charge is 2.00. The van der Waals surface area contributed by atoms with E-state index >= 15 is 0 Å². The number of rotatable bonds is 8. The highest BCUT2D eigenvalue weighted by atomic mass is 16.5. The molecule has 17 heavy (non-hydrogen) atoms. The summed E-state index contributed by atoms with van der Waals surface area (Å²) in [6, 6.07) is 8.69. The average molecular weight is 236 g/mol. The smallest absolute Gasteiger partial charge is 0.0637 e. The van der Waals surface area contributed by atoms with Crippen LogP contribution >= 0.6 is 0 Å². The zero-order valence-corrected chi connectivity index (χ0v) is 11.2. The molecule has 0 radical (unpaired) electrons. The Labute approximate surface area is 105 Å². The molecule has 0 aromatic heterocycles. The lowest BCUT2D eigenvalue weighted by atomic mass is 10.2. The van der Waals surface area contributed by atoms with E-state index in [9.17, 15) is 0 Å². The average Bonchev–Trinajstić information content (AvgIpc) is 2.37. The second-order valence-electron chi connectivity index (χ2n) is 4.26. The van der Waals surface area contributed by atoms with Crippen LogP contribution in [0.5, 0.6) is 0 Å². The lowest BCUT2D eigenvalue weighted by Crippen LogP contribution is -2.22. The summed E-state index contributed by atoms with van der Waals surface area (Å²) in [6.07, 6.45) is 1.18.